The molecule has 1 N–H and O–H groups in total. The third-order valence-electron chi connectivity index (χ3n) is 8.27. The Morgan fingerprint density at radius 1 is 0.630 bits per heavy atom. The molecule has 0 amide bonds. The summed E-state index contributed by atoms with van der Waals surface area (Å²) in [6.07, 6.45) is 0. The molecule has 0 saturated heterocycles. The van der Waals surface area contributed by atoms with Crippen molar-refractivity contribution in [3.8, 4) is 0 Å². The maximum absolute atomic E-state index is 11.3. The summed E-state index contributed by atoms with van der Waals surface area (Å²) in [4.78, 5) is 22.4. The molecule has 0 atom stereocenters. The zero-order valence-electron chi connectivity index (χ0n) is 30.2. The first-order valence-corrected chi connectivity index (χ1v) is 21.9. The van der Waals surface area contributed by atoms with E-state index in [1.54, 1.807) is 36.4 Å². The molecule has 46 heavy (non-hydrogen) atoms. The van der Waals surface area contributed by atoms with Gasteiger partial charge in [0.15, 0.2) is 8.32 Å². The van der Waals surface area contributed by atoms with Crippen LogP contribution in [0, 0.1) is 0 Å². The Morgan fingerprint density at radius 3 is 1.26 bits per heavy atom. The van der Waals surface area contributed by atoms with E-state index in [-0.39, 0.29) is 31.0 Å². The second-order valence-electron chi connectivity index (χ2n) is 14.3. The summed E-state index contributed by atoms with van der Waals surface area (Å²) in [5.74, 6) is -0.673. The van der Waals surface area contributed by atoms with E-state index >= 15 is 0 Å². The molecule has 0 unspecified atom stereocenters. The number of aliphatic hydroxyl groups is 1. The maximum Gasteiger partial charge on any atom is 0.337 e. The predicted molar refractivity (Wildman–Crippen MR) is 195 cm³/mol. The van der Waals surface area contributed by atoms with Gasteiger partial charge in [-0.3, -0.25) is 0 Å². The molecular formula is C36H64O8Si2. The van der Waals surface area contributed by atoms with Crippen LogP contribution in [-0.4, -0.2) is 74.1 Å². The lowest BCUT2D eigenvalue weighted by molar-refractivity contribution is 0.0591. The largest absolute Gasteiger partial charge is 0.465 e. The molecule has 8 nitrogen and oxygen atoms in total. The molecule has 0 aromatic heterocycles. The summed E-state index contributed by atoms with van der Waals surface area (Å²) in [5.41, 5.74) is 3.05. The van der Waals surface area contributed by atoms with Crippen LogP contribution in [0.3, 0.4) is 0 Å². The van der Waals surface area contributed by atoms with E-state index in [0.717, 1.165) is 11.1 Å². The van der Waals surface area contributed by atoms with Gasteiger partial charge in [0.2, 0.25) is 0 Å². The summed E-state index contributed by atoms with van der Waals surface area (Å²) >= 11 is 0. The number of benzene rings is 2. The van der Waals surface area contributed by atoms with Crippen LogP contribution in [0.5, 0.6) is 0 Å². The van der Waals surface area contributed by atoms with Crippen molar-refractivity contribution in [2.75, 3.05) is 40.6 Å². The van der Waals surface area contributed by atoms with E-state index in [9.17, 15) is 9.59 Å². The molecule has 0 saturated carbocycles. The molecule has 0 heterocycles. The van der Waals surface area contributed by atoms with Crippen LogP contribution >= 0.6 is 0 Å². The molecule has 0 radical (unpaired) electrons. The van der Waals surface area contributed by atoms with Crippen LogP contribution in [0.15, 0.2) is 48.5 Å². The first-order valence-electron chi connectivity index (χ1n) is 15.4. The highest BCUT2D eigenvalue weighted by Gasteiger charge is 2.36. The molecule has 2 rings (SSSR count). The van der Waals surface area contributed by atoms with Gasteiger partial charge >= 0.3 is 11.9 Å². The Bertz CT molecular complexity index is 1100. The number of hydrogen-bond donors (Lipinski definition) is 1. The number of hydrogen-bond acceptors (Lipinski definition) is 8. The summed E-state index contributed by atoms with van der Waals surface area (Å²) < 4.78 is 26.1. The highest BCUT2D eigenvalue weighted by Crippen LogP contribution is 2.36. The molecule has 0 spiro atoms. The van der Waals surface area contributed by atoms with Gasteiger partial charge in [0.25, 0.3) is 0 Å². The average molecular weight is 681 g/mol. The fourth-order valence-corrected chi connectivity index (χ4v) is 3.75. The van der Waals surface area contributed by atoms with Crippen LogP contribution in [-0.2, 0) is 36.6 Å². The lowest BCUT2D eigenvalue weighted by atomic mass is 10.1. The van der Waals surface area contributed by atoms with Gasteiger partial charge in [0, 0.05) is 8.07 Å². The van der Waals surface area contributed by atoms with Gasteiger partial charge in [-0.25, -0.2) is 9.59 Å². The van der Waals surface area contributed by atoms with Crippen molar-refractivity contribution in [3.63, 3.8) is 0 Å². The normalized spacial score (nSPS) is 11.6. The van der Waals surface area contributed by atoms with Crippen molar-refractivity contribution < 1.29 is 38.1 Å². The van der Waals surface area contributed by atoms with E-state index in [1.807, 2.05) is 12.1 Å². The van der Waals surface area contributed by atoms with Crippen molar-refractivity contribution in [2.45, 2.75) is 105 Å². The van der Waals surface area contributed by atoms with Gasteiger partial charge in [0.1, 0.15) is 0 Å². The van der Waals surface area contributed by atoms with Crippen LogP contribution in [0.1, 0.15) is 80.8 Å². The molecular weight excluding hydrogens is 617 g/mol. The van der Waals surface area contributed by atoms with E-state index in [1.165, 1.54) is 14.2 Å². The quantitative estimate of drug-likeness (QED) is 0.135. The van der Waals surface area contributed by atoms with Crippen LogP contribution < -0.4 is 0 Å². The third-order valence-corrected chi connectivity index (χ3v) is 17.3. The predicted octanol–water partition coefficient (Wildman–Crippen LogP) is 8.75. The highest BCUT2D eigenvalue weighted by atomic mass is 28.4. The molecule has 0 aliphatic carbocycles. The molecule has 2 aromatic carbocycles. The highest BCUT2D eigenvalue weighted by molar-refractivity contribution is 6.78. The van der Waals surface area contributed by atoms with Gasteiger partial charge in [0.05, 0.1) is 65.0 Å². The van der Waals surface area contributed by atoms with Gasteiger partial charge in [-0.1, -0.05) is 92.9 Å². The SMILES string of the molecule is C.CC(C)(C)[Si](C)(C)C.COC(=O)c1ccc(COCCO)cc1.COC(=O)c1ccc(COCCO[Si](C)(C)C(C)(C)C)cc1. The van der Waals surface area contributed by atoms with E-state index < -0.39 is 16.4 Å². The van der Waals surface area contributed by atoms with E-state index in [4.69, 9.17) is 19.0 Å². The molecule has 264 valence electrons. The van der Waals surface area contributed by atoms with Crippen molar-refractivity contribution >= 4 is 28.3 Å². The van der Waals surface area contributed by atoms with Gasteiger partial charge in [-0.05, 0) is 58.6 Å². The minimum atomic E-state index is -1.69. The van der Waals surface area contributed by atoms with Gasteiger partial charge in [-0.15, -0.1) is 0 Å². The number of carbonyl (C=O) groups excluding carboxylic acids is 2. The number of rotatable bonds is 12. The van der Waals surface area contributed by atoms with Crippen LogP contribution in [0.25, 0.3) is 0 Å². The Labute approximate surface area is 282 Å². The van der Waals surface area contributed by atoms with E-state index in [0.29, 0.717) is 49.2 Å². The number of carbonyl (C=O) groups is 2. The minimum absolute atomic E-state index is 0. The number of ether oxygens (including phenoxy) is 4. The summed E-state index contributed by atoms with van der Waals surface area (Å²) in [6, 6.07) is 14.2. The maximum atomic E-state index is 11.3. The Morgan fingerprint density at radius 2 is 0.978 bits per heavy atom. The molecule has 0 fully saturated rings. The number of methoxy groups -OCH3 is 2. The Kier molecular flexibility index (Phi) is 21.4. The monoisotopic (exact) mass is 680 g/mol. The second kappa shape index (κ2) is 21.5. The first kappa shape index (κ1) is 45.8. The zero-order chi connectivity index (χ0) is 34.9. The Balaban J connectivity index is 0. The standard InChI is InChI=1S/C17H28O4Si.C11H14O4.C7H18Si.CH4/c1-17(2,3)22(5,6)21-12-11-20-13-14-7-9-15(10-8-14)16(18)19-4;1-14-11(13)10-4-2-9(3-5-10)8-15-7-6-12;1-7(2,3)8(4,5)6;/h7-10H,11-13H2,1-6H3;2-5,12H,6-8H2,1H3;1-6H3;1H4. The van der Waals surface area contributed by atoms with Crippen molar-refractivity contribution in [1.82, 2.24) is 0 Å². The first-order chi connectivity index (χ1) is 20.7. The summed E-state index contributed by atoms with van der Waals surface area (Å²) in [6.45, 7) is 27.8. The topological polar surface area (TPSA) is 101 Å². The summed E-state index contributed by atoms with van der Waals surface area (Å²) in [7, 11) is 0.176. The van der Waals surface area contributed by atoms with Crippen molar-refractivity contribution in [3.05, 3.63) is 70.8 Å². The Hall–Kier alpha value is -2.35. The van der Waals surface area contributed by atoms with Gasteiger partial charge < -0.3 is 28.5 Å². The summed E-state index contributed by atoms with van der Waals surface area (Å²) in [5, 5.41) is 9.30. The number of aliphatic hydroxyl groups excluding tert-OH is 1. The fraction of sp³-hybridized carbons (Fsp3) is 0.611. The molecule has 2 aromatic rings. The lowest BCUT2D eigenvalue weighted by Gasteiger charge is -2.36. The molecule has 0 bridgehead atoms. The fourth-order valence-electron chi connectivity index (χ4n) is 2.73. The molecule has 10 heteroatoms. The average Bonchev–Trinajstić information content (AvgIpc) is 2.96. The zero-order valence-corrected chi connectivity index (χ0v) is 32.2. The lowest BCUT2D eigenvalue weighted by Crippen LogP contribution is -2.41. The van der Waals surface area contributed by atoms with E-state index in [2.05, 4.69) is 83.8 Å². The van der Waals surface area contributed by atoms with Crippen LogP contribution in [0.2, 0.25) is 42.8 Å². The van der Waals surface area contributed by atoms with Gasteiger partial charge in [-0.2, -0.15) is 0 Å². The van der Waals surface area contributed by atoms with Crippen molar-refractivity contribution in [1.29, 1.82) is 0 Å². The minimum Gasteiger partial charge on any atom is -0.465 e. The molecule has 0 aliphatic heterocycles. The van der Waals surface area contributed by atoms with Crippen molar-refractivity contribution in [2.24, 2.45) is 0 Å². The second-order valence-corrected chi connectivity index (χ2v) is 25.1. The molecule has 0 aliphatic rings. The van der Waals surface area contributed by atoms with Crippen LogP contribution in [0.4, 0.5) is 0 Å². The smallest absolute Gasteiger partial charge is 0.337 e. The third kappa shape index (κ3) is 18.1. The number of esters is 2.